The molecule has 1 N–H and O–H groups in total. The summed E-state index contributed by atoms with van der Waals surface area (Å²) in [6.45, 7) is 9.82. The van der Waals surface area contributed by atoms with E-state index in [1.54, 1.807) is 25.3 Å². The zero-order valence-electron chi connectivity index (χ0n) is 17.3. The van der Waals surface area contributed by atoms with E-state index in [0.29, 0.717) is 17.3 Å². The molecule has 0 bridgehead atoms. The molecule has 3 atom stereocenters. The summed E-state index contributed by atoms with van der Waals surface area (Å²) in [4.78, 5) is 19.2. The Balaban J connectivity index is 1.52. The number of pyridine rings is 1. The van der Waals surface area contributed by atoms with Gasteiger partial charge in [-0.25, -0.2) is 4.98 Å². The van der Waals surface area contributed by atoms with Crippen molar-refractivity contribution in [2.45, 2.75) is 52.6 Å². The number of hydrogen-bond donors (Lipinski definition) is 1. The standard InChI is InChI=1S/C22H28ClN3O3/c1-14-9-19(23)6-7-20(14)29-17(4)22(27)25-11-18-5-8-21(24-10-18)26-12-15(2)28-16(3)13-26/h5-10,15-17H,11-13H2,1-4H3,(H,25,27). The Kier molecular flexibility index (Phi) is 6.98. The number of aromatic nitrogens is 1. The van der Waals surface area contributed by atoms with Crippen LogP contribution in [0.25, 0.3) is 0 Å². The molecule has 1 fully saturated rings. The SMILES string of the molecule is Cc1cc(Cl)ccc1OC(C)C(=O)NCc1ccc(N2CC(C)OC(C)C2)nc1. The number of morpholine rings is 1. The molecule has 6 nitrogen and oxygen atoms in total. The van der Waals surface area contributed by atoms with Gasteiger partial charge in [0.25, 0.3) is 5.91 Å². The summed E-state index contributed by atoms with van der Waals surface area (Å²) in [5.41, 5.74) is 1.83. The minimum Gasteiger partial charge on any atom is -0.481 e. The number of nitrogens with zero attached hydrogens (tertiary/aromatic N) is 2. The highest BCUT2D eigenvalue weighted by atomic mass is 35.5. The van der Waals surface area contributed by atoms with Crippen molar-refractivity contribution < 1.29 is 14.3 Å². The number of hydrogen-bond acceptors (Lipinski definition) is 5. The van der Waals surface area contributed by atoms with Crippen molar-refractivity contribution in [2.75, 3.05) is 18.0 Å². The maximum Gasteiger partial charge on any atom is 0.261 e. The van der Waals surface area contributed by atoms with Crippen LogP contribution in [0, 0.1) is 6.92 Å². The second-order valence-electron chi connectivity index (χ2n) is 7.57. The third-order valence-electron chi connectivity index (χ3n) is 4.83. The zero-order chi connectivity index (χ0) is 21.0. The molecule has 0 spiro atoms. The molecule has 156 valence electrons. The quantitative estimate of drug-likeness (QED) is 0.775. The summed E-state index contributed by atoms with van der Waals surface area (Å²) in [5, 5.41) is 3.54. The smallest absolute Gasteiger partial charge is 0.261 e. The highest BCUT2D eigenvalue weighted by molar-refractivity contribution is 6.30. The highest BCUT2D eigenvalue weighted by Gasteiger charge is 2.23. The van der Waals surface area contributed by atoms with Gasteiger partial charge in [0.1, 0.15) is 11.6 Å². The first kappa shape index (κ1) is 21.4. The Hall–Kier alpha value is -2.31. The van der Waals surface area contributed by atoms with Crippen LogP contribution in [0.3, 0.4) is 0 Å². The molecule has 3 rings (SSSR count). The van der Waals surface area contributed by atoms with Crippen molar-refractivity contribution in [2.24, 2.45) is 0 Å². The van der Waals surface area contributed by atoms with Crippen LogP contribution in [0.15, 0.2) is 36.5 Å². The van der Waals surface area contributed by atoms with Crippen molar-refractivity contribution in [3.8, 4) is 5.75 Å². The van der Waals surface area contributed by atoms with E-state index in [-0.39, 0.29) is 18.1 Å². The number of anilines is 1. The molecule has 0 radical (unpaired) electrons. The largest absolute Gasteiger partial charge is 0.481 e. The van der Waals surface area contributed by atoms with Crippen LogP contribution < -0.4 is 15.0 Å². The van der Waals surface area contributed by atoms with Crippen LogP contribution in [0.2, 0.25) is 5.02 Å². The Morgan fingerprint density at radius 1 is 1.31 bits per heavy atom. The fourth-order valence-electron chi connectivity index (χ4n) is 3.40. The summed E-state index contributed by atoms with van der Waals surface area (Å²) in [6.07, 6.45) is 1.56. The summed E-state index contributed by atoms with van der Waals surface area (Å²) in [6, 6.07) is 9.31. The monoisotopic (exact) mass is 417 g/mol. The van der Waals surface area contributed by atoms with Crippen LogP contribution in [0.5, 0.6) is 5.75 Å². The fourth-order valence-corrected chi connectivity index (χ4v) is 3.62. The van der Waals surface area contributed by atoms with Gasteiger partial charge in [0.05, 0.1) is 12.2 Å². The van der Waals surface area contributed by atoms with Gasteiger partial charge in [0.2, 0.25) is 0 Å². The van der Waals surface area contributed by atoms with E-state index in [0.717, 1.165) is 30.0 Å². The van der Waals surface area contributed by atoms with Crippen LogP contribution in [0.4, 0.5) is 5.82 Å². The van der Waals surface area contributed by atoms with E-state index in [2.05, 4.69) is 29.0 Å². The lowest BCUT2D eigenvalue weighted by Crippen LogP contribution is -2.45. The van der Waals surface area contributed by atoms with Crippen molar-refractivity contribution in [3.05, 3.63) is 52.7 Å². The maximum absolute atomic E-state index is 12.4. The van der Waals surface area contributed by atoms with Gasteiger partial charge in [-0.2, -0.15) is 0 Å². The molecule has 1 saturated heterocycles. The summed E-state index contributed by atoms with van der Waals surface area (Å²) >= 11 is 5.96. The van der Waals surface area contributed by atoms with E-state index >= 15 is 0 Å². The first-order chi connectivity index (χ1) is 13.8. The lowest BCUT2D eigenvalue weighted by molar-refractivity contribution is -0.127. The van der Waals surface area contributed by atoms with Gasteiger partial charge in [0, 0.05) is 30.9 Å². The van der Waals surface area contributed by atoms with Gasteiger partial charge in [-0.05, 0) is 63.1 Å². The predicted molar refractivity (Wildman–Crippen MR) is 115 cm³/mol. The number of rotatable bonds is 6. The molecule has 3 unspecified atom stereocenters. The number of carbonyl (C=O) groups excluding carboxylic acids is 1. The topological polar surface area (TPSA) is 63.7 Å². The average molecular weight is 418 g/mol. The lowest BCUT2D eigenvalue weighted by atomic mass is 10.2. The van der Waals surface area contributed by atoms with Gasteiger partial charge in [0.15, 0.2) is 6.10 Å². The lowest BCUT2D eigenvalue weighted by Gasteiger charge is -2.36. The van der Waals surface area contributed by atoms with Crippen LogP contribution >= 0.6 is 11.6 Å². The highest BCUT2D eigenvalue weighted by Crippen LogP contribution is 2.23. The first-order valence-electron chi connectivity index (χ1n) is 9.87. The number of benzene rings is 1. The van der Waals surface area contributed by atoms with E-state index in [1.807, 2.05) is 25.1 Å². The van der Waals surface area contributed by atoms with E-state index in [9.17, 15) is 4.79 Å². The maximum atomic E-state index is 12.4. The van der Waals surface area contributed by atoms with Crippen molar-refractivity contribution >= 4 is 23.3 Å². The second kappa shape index (κ2) is 9.46. The van der Waals surface area contributed by atoms with Gasteiger partial charge >= 0.3 is 0 Å². The summed E-state index contributed by atoms with van der Waals surface area (Å²) in [5.74, 6) is 1.40. The number of halogens is 1. The van der Waals surface area contributed by atoms with Crippen LogP contribution in [-0.2, 0) is 16.1 Å². The van der Waals surface area contributed by atoms with Crippen molar-refractivity contribution in [1.82, 2.24) is 10.3 Å². The third-order valence-corrected chi connectivity index (χ3v) is 5.06. The third kappa shape index (κ3) is 5.84. The molecule has 2 heterocycles. The van der Waals surface area contributed by atoms with Crippen molar-refractivity contribution in [1.29, 1.82) is 0 Å². The van der Waals surface area contributed by atoms with E-state index < -0.39 is 6.10 Å². The Morgan fingerprint density at radius 3 is 2.66 bits per heavy atom. The fraction of sp³-hybridized carbons (Fsp3) is 0.455. The van der Waals surface area contributed by atoms with Crippen LogP contribution in [0.1, 0.15) is 31.9 Å². The number of carbonyl (C=O) groups is 1. The van der Waals surface area contributed by atoms with E-state index in [4.69, 9.17) is 21.1 Å². The van der Waals surface area contributed by atoms with Gasteiger partial charge in [-0.1, -0.05) is 17.7 Å². The zero-order valence-corrected chi connectivity index (χ0v) is 18.1. The Bertz CT molecular complexity index is 834. The molecule has 0 saturated carbocycles. The van der Waals surface area contributed by atoms with Gasteiger partial charge in [-0.3, -0.25) is 4.79 Å². The Morgan fingerprint density at radius 2 is 2.03 bits per heavy atom. The Labute approximate surface area is 177 Å². The van der Waals surface area contributed by atoms with Crippen LogP contribution in [-0.4, -0.2) is 42.3 Å². The molecule has 2 aromatic rings. The molecule has 1 amide bonds. The molecular weight excluding hydrogens is 390 g/mol. The first-order valence-corrected chi connectivity index (χ1v) is 10.3. The average Bonchev–Trinajstić information content (AvgIpc) is 2.68. The normalized spacial score (nSPS) is 20.2. The van der Waals surface area contributed by atoms with Crippen molar-refractivity contribution in [3.63, 3.8) is 0 Å². The molecule has 1 aromatic heterocycles. The summed E-state index contributed by atoms with van der Waals surface area (Å²) in [7, 11) is 0. The summed E-state index contributed by atoms with van der Waals surface area (Å²) < 4.78 is 11.5. The molecule has 1 aliphatic rings. The van der Waals surface area contributed by atoms with Gasteiger partial charge in [-0.15, -0.1) is 0 Å². The second-order valence-corrected chi connectivity index (χ2v) is 8.01. The number of ether oxygens (including phenoxy) is 2. The molecule has 1 aromatic carbocycles. The molecular formula is C22H28ClN3O3. The molecule has 1 aliphatic heterocycles. The van der Waals surface area contributed by atoms with E-state index in [1.165, 1.54) is 0 Å². The predicted octanol–water partition coefficient (Wildman–Crippen LogP) is 3.74. The minimum absolute atomic E-state index is 0.181. The van der Waals surface area contributed by atoms with Gasteiger partial charge < -0.3 is 19.7 Å². The number of amides is 1. The number of nitrogens with one attached hydrogen (secondary N) is 1. The molecule has 29 heavy (non-hydrogen) atoms. The molecule has 0 aliphatic carbocycles. The molecule has 7 heteroatoms. The number of aryl methyl sites for hydroxylation is 1. The minimum atomic E-state index is -0.613.